The van der Waals surface area contributed by atoms with Crippen LogP contribution in [0.3, 0.4) is 0 Å². The van der Waals surface area contributed by atoms with E-state index < -0.39 is 55.6 Å². The third kappa shape index (κ3) is 7.56. The summed E-state index contributed by atoms with van der Waals surface area (Å²) >= 11 is 0. The summed E-state index contributed by atoms with van der Waals surface area (Å²) in [4.78, 5) is 23.7. The van der Waals surface area contributed by atoms with E-state index in [1.165, 1.54) is 28.4 Å². The number of alkyl halides is 2. The second-order valence-corrected chi connectivity index (χ2v) is 10.2. The lowest BCUT2D eigenvalue weighted by Crippen LogP contribution is -2.50. The van der Waals surface area contributed by atoms with Crippen LogP contribution in [-0.2, 0) is 42.1 Å². The van der Waals surface area contributed by atoms with Crippen molar-refractivity contribution in [1.29, 1.82) is 0 Å². The van der Waals surface area contributed by atoms with Gasteiger partial charge in [-0.3, -0.25) is 9.59 Å². The van der Waals surface area contributed by atoms with Gasteiger partial charge in [0.1, 0.15) is 13.2 Å². The van der Waals surface area contributed by atoms with Crippen molar-refractivity contribution < 1.29 is 50.9 Å². The minimum Gasteiger partial charge on any atom is -0.353 e. The highest BCUT2D eigenvalue weighted by molar-refractivity contribution is 7.33. The Hall–Kier alpha value is -0.940. The van der Waals surface area contributed by atoms with Gasteiger partial charge in [0, 0.05) is 58.7 Å². The molecular formula is C24H40F2O9P+. The number of hydrogen-bond acceptors (Lipinski definition) is 9. The van der Waals surface area contributed by atoms with Crippen molar-refractivity contribution in [2.45, 2.75) is 88.1 Å². The van der Waals surface area contributed by atoms with Gasteiger partial charge in [0.15, 0.2) is 35.5 Å². The molecule has 0 bridgehead atoms. The fourth-order valence-corrected chi connectivity index (χ4v) is 6.03. The van der Waals surface area contributed by atoms with Crippen molar-refractivity contribution in [2.24, 2.45) is 11.8 Å². The summed E-state index contributed by atoms with van der Waals surface area (Å²) in [7, 11) is 3.22. The summed E-state index contributed by atoms with van der Waals surface area (Å²) in [5.74, 6) is -4.87. The van der Waals surface area contributed by atoms with Gasteiger partial charge in [-0.1, -0.05) is 0 Å². The molecule has 2 saturated carbocycles. The van der Waals surface area contributed by atoms with Crippen LogP contribution in [0.5, 0.6) is 0 Å². The topological polar surface area (TPSA) is 107 Å². The highest BCUT2D eigenvalue weighted by atomic mass is 31.1. The Morgan fingerprint density at radius 2 is 1.11 bits per heavy atom. The van der Waals surface area contributed by atoms with E-state index in [0.29, 0.717) is 38.5 Å². The lowest BCUT2D eigenvalue weighted by molar-refractivity contribution is -0.257. The van der Waals surface area contributed by atoms with Crippen LogP contribution in [0.15, 0.2) is 0 Å². The molecule has 0 amide bonds. The summed E-state index contributed by atoms with van der Waals surface area (Å²) in [6.45, 7) is 0.101. The predicted octanol–water partition coefficient (Wildman–Crippen LogP) is 4.63. The molecule has 36 heavy (non-hydrogen) atoms. The number of methoxy groups -OCH3 is 4. The molecule has 0 aromatic heterocycles. The number of carbonyl (C=O) groups is 2. The van der Waals surface area contributed by atoms with Crippen LogP contribution in [0.2, 0.25) is 0 Å². The summed E-state index contributed by atoms with van der Waals surface area (Å²) < 4.78 is 73.7. The number of halogens is 2. The van der Waals surface area contributed by atoms with E-state index in [-0.39, 0.29) is 38.9 Å². The summed E-state index contributed by atoms with van der Waals surface area (Å²) in [5.41, 5.74) is 0. The third-order valence-corrected chi connectivity index (χ3v) is 8.23. The highest BCUT2D eigenvalue weighted by Crippen LogP contribution is 2.40. The van der Waals surface area contributed by atoms with Crippen molar-refractivity contribution in [3.63, 3.8) is 0 Å². The normalized spacial score (nSPS) is 26.3. The van der Waals surface area contributed by atoms with E-state index in [1.54, 1.807) is 0 Å². The molecule has 0 radical (unpaired) electrons. The van der Waals surface area contributed by atoms with E-state index >= 15 is 0 Å². The molecule has 0 aromatic rings. The maximum Gasteiger partial charge on any atom is 0.697 e. The van der Waals surface area contributed by atoms with Crippen molar-refractivity contribution in [3.8, 4) is 0 Å². The van der Waals surface area contributed by atoms with Gasteiger partial charge >= 0.3 is 8.25 Å². The van der Waals surface area contributed by atoms with Crippen LogP contribution in [0.25, 0.3) is 0 Å². The SMILES string of the molecule is COC(CCCO[P+](=O)OCCCC(OC)(OC)C1CCCC(=O)C1F)(OC)C1CCCC(=O)C1F. The Bertz CT molecular complexity index is 672. The average molecular weight is 542 g/mol. The summed E-state index contributed by atoms with van der Waals surface area (Å²) in [6.07, 6.45) is 0.390. The second-order valence-electron chi connectivity index (χ2n) is 9.27. The molecule has 2 aliphatic carbocycles. The van der Waals surface area contributed by atoms with Gasteiger partial charge in [-0.15, -0.1) is 9.05 Å². The monoisotopic (exact) mass is 541 g/mol. The smallest absolute Gasteiger partial charge is 0.353 e. The first-order valence-electron chi connectivity index (χ1n) is 12.5. The predicted molar refractivity (Wildman–Crippen MR) is 126 cm³/mol. The van der Waals surface area contributed by atoms with Crippen molar-refractivity contribution in [3.05, 3.63) is 0 Å². The Morgan fingerprint density at radius 3 is 1.44 bits per heavy atom. The molecule has 208 valence electrons. The lowest BCUT2D eigenvalue weighted by atomic mass is 9.79. The Kier molecular flexibility index (Phi) is 12.9. The van der Waals surface area contributed by atoms with Gasteiger partial charge in [-0.2, -0.15) is 0 Å². The molecule has 4 atom stereocenters. The number of rotatable bonds is 16. The number of Topliss-reactive ketones (excluding diaryl/α,β-unsaturated/α-hetero) is 2. The van der Waals surface area contributed by atoms with Gasteiger partial charge in [-0.05, 0) is 38.5 Å². The Morgan fingerprint density at radius 1 is 0.750 bits per heavy atom. The fourth-order valence-electron chi connectivity index (χ4n) is 5.40. The number of carbonyl (C=O) groups excluding carboxylic acids is 2. The van der Waals surface area contributed by atoms with Gasteiger partial charge in [0.05, 0.1) is 11.8 Å². The van der Waals surface area contributed by atoms with Gasteiger partial charge in [0.2, 0.25) is 0 Å². The van der Waals surface area contributed by atoms with E-state index in [0.717, 1.165) is 0 Å². The van der Waals surface area contributed by atoms with E-state index in [4.69, 9.17) is 28.0 Å². The molecule has 2 aliphatic rings. The van der Waals surface area contributed by atoms with Gasteiger partial charge in [-0.25, -0.2) is 8.78 Å². The van der Waals surface area contributed by atoms with Crippen molar-refractivity contribution >= 4 is 19.8 Å². The molecule has 0 heterocycles. The van der Waals surface area contributed by atoms with Crippen LogP contribution >= 0.6 is 8.25 Å². The zero-order valence-electron chi connectivity index (χ0n) is 21.7. The molecule has 0 N–H and O–H groups in total. The maximum absolute atomic E-state index is 14.6. The van der Waals surface area contributed by atoms with Crippen LogP contribution in [0, 0.1) is 11.8 Å². The average Bonchev–Trinajstić information content (AvgIpc) is 2.89. The van der Waals surface area contributed by atoms with Gasteiger partial charge < -0.3 is 18.9 Å². The quantitative estimate of drug-likeness (QED) is 0.157. The molecule has 0 saturated heterocycles. The Labute approximate surface area is 212 Å². The van der Waals surface area contributed by atoms with Crippen molar-refractivity contribution in [2.75, 3.05) is 41.7 Å². The van der Waals surface area contributed by atoms with Crippen LogP contribution in [0.4, 0.5) is 8.78 Å². The van der Waals surface area contributed by atoms with E-state index in [2.05, 4.69) is 0 Å². The zero-order chi connectivity index (χ0) is 26.8. The zero-order valence-corrected chi connectivity index (χ0v) is 22.6. The first kappa shape index (κ1) is 31.3. The van der Waals surface area contributed by atoms with E-state index in [1.807, 2.05) is 0 Å². The Balaban J connectivity index is 1.76. The second kappa shape index (κ2) is 14.9. The molecule has 9 nitrogen and oxygen atoms in total. The van der Waals surface area contributed by atoms with Crippen LogP contribution in [-0.4, -0.2) is 77.1 Å². The first-order valence-corrected chi connectivity index (χ1v) is 13.6. The van der Waals surface area contributed by atoms with Crippen LogP contribution in [0.1, 0.15) is 64.2 Å². The van der Waals surface area contributed by atoms with E-state index in [9.17, 15) is 22.9 Å². The highest BCUT2D eigenvalue weighted by Gasteiger charge is 2.49. The number of hydrogen-bond donors (Lipinski definition) is 0. The van der Waals surface area contributed by atoms with Gasteiger partial charge in [0.25, 0.3) is 0 Å². The minimum absolute atomic E-state index is 0.0507. The lowest BCUT2D eigenvalue weighted by Gasteiger charge is -2.41. The maximum atomic E-state index is 14.6. The standard InChI is InChI=1S/C24H40F2O9P/c1-30-23(31-2,17-9-5-11-19(27)21(17)25)13-7-15-34-36(29)35-16-8-14-24(32-3,33-4)18-10-6-12-20(28)22(18)26/h17-18,21-22H,5-16H2,1-4H3/q+1. The summed E-state index contributed by atoms with van der Waals surface area (Å²) in [5, 5.41) is 0. The third-order valence-electron chi connectivity index (χ3n) is 7.44. The minimum atomic E-state index is -2.42. The molecule has 2 rings (SSSR count). The molecule has 0 aliphatic heterocycles. The van der Waals surface area contributed by atoms with Crippen LogP contribution < -0.4 is 0 Å². The summed E-state index contributed by atoms with van der Waals surface area (Å²) in [6, 6.07) is 0. The largest absolute Gasteiger partial charge is 0.697 e. The molecule has 4 unspecified atom stereocenters. The number of ketones is 2. The van der Waals surface area contributed by atoms with Crippen molar-refractivity contribution in [1.82, 2.24) is 0 Å². The molecular weight excluding hydrogens is 501 g/mol. The molecule has 2 fully saturated rings. The molecule has 0 aromatic carbocycles. The molecule has 0 spiro atoms. The first-order chi connectivity index (χ1) is 17.2. The number of ether oxygens (including phenoxy) is 4. The molecule has 12 heteroatoms. The fraction of sp³-hybridized carbons (Fsp3) is 0.917.